The van der Waals surface area contributed by atoms with Crippen molar-refractivity contribution in [3.63, 3.8) is 0 Å². The molecule has 0 atom stereocenters. The van der Waals surface area contributed by atoms with Crippen molar-refractivity contribution in [2.45, 2.75) is 0 Å². The Balaban J connectivity index is 1.05. The van der Waals surface area contributed by atoms with Crippen LogP contribution in [0.3, 0.4) is 0 Å². The number of rotatable bonds is 9. The molecule has 0 unspecified atom stereocenters. The molecule has 3 heterocycles. The first-order valence-electron chi connectivity index (χ1n) is 25.8. The monoisotopic (exact) mass is 970 g/mol. The minimum Gasteiger partial charge on any atom is -0.310 e. The second-order valence-electron chi connectivity index (χ2n) is 19.1. The number of anilines is 9. The van der Waals surface area contributed by atoms with E-state index in [1.165, 1.54) is 16.4 Å². The van der Waals surface area contributed by atoms with Crippen LogP contribution >= 0.6 is 0 Å². The molecule has 6 nitrogen and oxygen atoms in total. The van der Waals surface area contributed by atoms with Crippen LogP contribution in [0, 0.1) is 0 Å². The molecule has 0 fully saturated rings. The van der Waals surface area contributed by atoms with Gasteiger partial charge in [-0.15, -0.1) is 0 Å². The number of nitrogens with zero attached hydrogens (tertiary/aromatic N) is 6. The molecule has 76 heavy (non-hydrogen) atoms. The molecule has 356 valence electrons. The summed E-state index contributed by atoms with van der Waals surface area (Å²) in [6.07, 6.45) is 0. The van der Waals surface area contributed by atoms with Gasteiger partial charge in [0.2, 0.25) is 6.71 Å². The number of hydrogen-bond acceptors (Lipinski definition) is 6. The van der Waals surface area contributed by atoms with Gasteiger partial charge in [0.25, 0.3) is 0 Å². The van der Waals surface area contributed by atoms with Gasteiger partial charge < -0.3 is 14.7 Å². The third-order valence-electron chi connectivity index (χ3n) is 14.7. The highest BCUT2D eigenvalue weighted by molar-refractivity contribution is 6.98. The molecule has 12 aromatic rings. The molecule has 14 rings (SSSR count). The van der Waals surface area contributed by atoms with Crippen LogP contribution in [0.5, 0.6) is 0 Å². The number of para-hydroxylation sites is 9. The molecular weight excluding hydrogens is 924 g/mol. The van der Waals surface area contributed by atoms with Crippen molar-refractivity contribution in [2.24, 2.45) is 0 Å². The second kappa shape index (κ2) is 19.1. The normalized spacial score (nSPS) is 12.4. The van der Waals surface area contributed by atoms with E-state index >= 15 is 0 Å². The quantitative estimate of drug-likeness (QED) is 0.134. The van der Waals surface area contributed by atoms with E-state index < -0.39 is 0 Å². The van der Waals surface area contributed by atoms with E-state index in [2.05, 4.69) is 282 Å². The minimum absolute atomic E-state index is 0.0192. The zero-order valence-electron chi connectivity index (χ0n) is 41.4. The van der Waals surface area contributed by atoms with Crippen LogP contribution in [0.1, 0.15) is 0 Å². The van der Waals surface area contributed by atoms with Crippen LogP contribution in [0.25, 0.3) is 56.4 Å². The molecule has 1 aromatic heterocycles. The van der Waals surface area contributed by atoms with Gasteiger partial charge in [0.05, 0.1) is 34.1 Å². The molecule has 11 aromatic carbocycles. The lowest BCUT2D eigenvalue weighted by Crippen LogP contribution is -2.57. The Morgan fingerprint density at radius 1 is 0.237 bits per heavy atom. The van der Waals surface area contributed by atoms with E-state index in [1.807, 2.05) is 18.2 Å². The maximum Gasteiger partial charge on any atom is 0.246 e. The molecule has 0 N–H and O–H groups in total. The fraction of sp³-hybridized carbons (Fsp3) is 0. The predicted molar refractivity (Wildman–Crippen MR) is 316 cm³/mol. The van der Waals surface area contributed by atoms with Crippen molar-refractivity contribution in [1.82, 2.24) is 15.0 Å². The Bertz CT molecular complexity index is 3740. The molecule has 0 saturated heterocycles. The van der Waals surface area contributed by atoms with Gasteiger partial charge >= 0.3 is 0 Å². The summed E-state index contributed by atoms with van der Waals surface area (Å²) in [6, 6.07) is 101. The van der Waals surface area contributed by atoms with Gasteiger partial charge in [0.1, 0.15) is 0 Å². The third kappa shape index (κ3) is 7.64. The summed E-state index contributed by atoms with van der Waals surface area (Å²) in [7, 11) is 0. The van der Waals surface area contributed by atoms with E-state index in [4.69, 9.17) is 15.0 Å². The summed E-state index contributed by atoms with van der Waals surface area (Å²) in [5.41, 5.74) is 20.0. The van der Waals surface area contributed by atoms with Crippen LogP contribution < -0.4 is 31.1 Å². The first-order valence-corrected chi connectivity index (χ1v) is 25.8. The summed E-state index contributed by atoms with van der Waals surface area (Å²) < 4.78 is 0. The van der Waals surface area contributed by atoms with E-state index in [9.17, 15) is 0 Å². The van der Waals surface area contributed by atoms with E-state index in [0.29, 0.717) is 17.5 Å². The SMILES string of the molecule is c1ccc(B2c3ccccc3N(c3c(-c4ccccc4)cccc3-c3nc(-c4ccccc4)nc(-c4cccc(-c5ccccc5)c4N4c5ccccc5N(c5ccccc5)c5ccccc54)n3)c3ccccc32)cc1. The number of hydrogen-bond donors (Lipinski definition) is 0. The highest BCUT2D eigenvalue weighted by Gasteiger charge is 2.38. The Kier molecular flexibility index (Phi) is 11.2. The molecule has 0 bridgehead atoms. The van der Waals surface area contributed by atoms with Gasteiger partial charge in [-0.3, -0.25) is 0 Å². The zero-order valence-corrected chi connectivity index (χ0v) is 41.4. The van der Waals surface area contributed by atoms with Crippen molar-refractivity contribution in [3.8, 4) is 56.4 Å². The molecule has 0 amide bonds. The molecule has 0 saturated carbocycles. The highest BCUT2D eigenvalue weighted by Crippen LogP contribution is 2.57. The topological polar surface area (TPSA) is 48.4 Å². The second-order valence-corrected chi connectivity index (χ2v) is 19.1. The van der Waals surface area contributed by atoms with Gasteiger partial charge in [-0.2, -0.15) is 0 Å². The zero-order chi connectivity index (χ0) is 50.4. The van der Waals surface area contributed by atoms with Crippen molar-refractivity contribution < 1.29 is 0 Å². The Morgan fingerprint density at radius 3 is 1.03 bits per heavy atom. The number of aromatic nitrogens is 3. The van der Waals surface area contributed by atoms with E-state index in [0.717, 1.165) is 90.1 Å². The van der Waals surface area contributed by atoms with Crippen molar-refractivity contribution in [3.05, 3.63) is 285 Å². The minimum atomic E-state index is 0.0192. The molecule has 0 aliphatic carbocycles. The third-order valence-corrected chi connectivity index (χ3v) is 14.7. The number of benzene rings is 11. The summed E-state index contributed by atoms with van der Waals surface area (Å²) in [6.45, 7) is 0.0192. The average Bonchev–Trinajstić information content (AvgIpc) is 3.65. The Morgan fingerprint density at radius 2 is 0.566 bits per heavy atom. The predicted octanol–water partition coefficient (Wildman–Crippen LogP) is 15.8. The first kappa shape index (κ1) is 44.6. The smallest absolute Gasteiger partial charge is 0.246 e. The molecular formula is C69H47BN6. The lowest BCUT2D eigenvalue weighted by Gasteiger charge is -2.41. The van der Waals surface area contributed by atoms with Gasteiger partial charge in [0, 0.05) is 44.9 Å². The summed E-state index contributed by atoms with van der Waals surface area (Å²) in [5.74, 6) is 1.69. The molecule has 2 aliphatic heterocycles. The standard InChI is InChI=1S/C69H47BN6/c1-6-26-48(27-7-1)53-36-24-38-55(65(53)75-59-42-18-16-40-57(59)70(51-32-12-4-13-33-51)58-41-17-19-43-60(58)75)68-71-67(50-30-10-3-11-31-50)72-69(73-68)56-39-25-37-54(49-28-8-2-9-29-49)66(56)76-63-46-22-20-44-61(63)74(52-34-14-5-15-35-52)62-45-21-23-47-64(62)76/h1-47H. The van der Waals surface area contributed by atoms with Crippen LogP contribution in [0.4, 0.5) is 51.2 Å². The van der Waals surface area contributed by atoms with Crippen molar-refractivity contribution in [1.29, 1.82) is 0 Å². The number of fused-ring (bicyclic) bond motifs is 4. The lowest BCUT2D eigenvalue weighted by molar-refractivity contribution is 1.07. The lowest BCUT2D eigenvalue weighted by atomic mass is 9.35. The molecule has 0 radical (unpaired) electrons. The first-order chi connectivity index (χ1) is 37.8. The maximum absolute atomic E-state index is 5.74. The largest absolute Gasteiger partial charge is 0.310 e. The summed E-state index contributed by atoms with van der Waals surface area (Å²) >= 11 is 0. The average molecular weight is 971 g/mol. The van der Waals surface area contributed by atoms with E-state index in [1.54, 1.807) is 0 Å². The van der Waals surface area contributed by atoms with Crippen LogP contribution in [0.2, 0.25) is 0 Å². The van der Waals surface area contributed by atoms with Crippen LogP contribution in [-0.4, -0.2) is 21.7 Å². The molecule has 0 spiro atoms. The Labute approximate surface area is 443 Å². The fourth-order valence-corrected chi connectivity index (χ4v) is 11.4. The maximum atomic E-state index is 5.74. The fourth-order valence-electron chi connectivity index (χ4n) is 11.4. The van der Waals surface area contributed by atoms with E-state index in [-0.39, 0.29) is 6.71 Å². The van der Waals surface area contributed by atoms with Crippen molar-refractivity contribution >= 4 is 74.3 Å². The van der Waals surface area contributed by atoms with Gasteiger partial charge in [-0.25, -0.2) is 15.0 Å². The molecule has 2 aliphatic rings. The van der Waals surface area contributed by atoms with Crippen LogP contribution in [0.15, 0.2) is 285 Å². The van der Waals surface area contributed by atoms with Gasteiger partial charge in [-0.1, -0.05) is 230 Å². The van der Waals surface area contributed by atoms with Crippen LogP contribution in [-0.2, 0) is 0 Å². The Hall–Kier alpha value is -10.1. The highest BCUT2D eigenvalue weighted by atomic mass is 15.3. The summed E-state index contributed by atoms with van der Waals surface area (Å²) in [5, 5.41) is 0. The van der Waals surface area contributed by atoms with Gasteiger partial charge in [-0.05, 0) is 82.7 Å². The molecule has 7 heteroatoms. The summed E-state index contributed by atoms with van der Waals surface area (Å²) in [4.78, 5) is 24.0. The van der Waals surface area contributed by atoms with Gasteiger partial charge in [0.15, 0.2) is 17.5 Å². The van der Waals surface area contributed by atoms with Crippen molar-refractivity contribution in [2.75, 3.05) is 14.7 Å².